The lowest BCUT2D eigenvalue weighted by atomic mass is 10.0. The molecule has 2 rings (SSSR count). The maximum Gasteiger partial charge on any atom is 0.416 e. The van der Waals surface area contributed by atoms with Gasteiger partial charge in [0.25, 0.3) is 0 Å². The van der Waals surface area contributed by atoms with Gasteiger partial charge in [-0.1, -0.05) is 6.07 Å². The minimum absolute atomic E-state index is 0.0831. The van der Waals surface area contributed by atoms with Crippen LogP contribution in [0.3, 0.4) is 0 Å². The fourth-order valence-electron chi connectivity index (χ4n) is 2.87. The number of anilines is 1. The number of halogens is 3. The number of alkyl halides is 3. The number of hydrogen-bond donors (Lipinski definition) is 1. The zero-order valence-electron chi connectivity index (χ0n) is 12.3. The number of benzene rings is 1. The van der Waals surface area contributed by atoms with Crippen molar-refractivity contribution in [2.75, 3.05) is 38.6 Å². The van der Waals surface area contributed by atoms with Gasteiger partial charge in [-0.2, -0.15) is 13.2 Å². The second-order valence-electron chi connectivity index (χ2n) is 5.79. The lowest BCUT2D eigenvalue weighted by Gasteiger charge is -2.24. The number of aliphatic hydroxyl groups excluding tert-OH is 1. The van der Waals surface area contributed by atoms with Crippen molar-refractivity contribution in [1.82, 2.24) is 4.90 Å². The van der Waals surface area contributed by atoms with Gasteiger partial charge in [0.1, 0.15) is 0 Å². The van der Waals surface area contributed by atoms with E-state index in [-0.39, 0.29) is 5.56 Å². The maximum atomic E-state index is 13.0. The van der Waals surface area contributed by atoms with E-state index in [9.17, 15) is 13.2 Å². The largest absolute Gasteiger partial charge is 0.416 e. The Labute approximate surface area is 123 Å². The second-order valence-corrected chi connectivity index (χ2v) is 5.79. The molecule has 0 spiro atoms. The third kappa shape index (κ3) is 3.89. The molecule has 3 nitrogen and oxygen atoms in total. The summed E-state index contributed by atoms with van der Waals surface area (Å²) in [5, 5.41) is 9.05. The van der Waals surface area contributed by atoms with Crippen LogP contribution in [0.2, 0.25) is 0 Å². The van der Waals surface area contributed by atoms with Gasteiger partial charge in [-0.25, -0.2) is 0 Å². The summed E-state index contributed by atoms with van der Waals surface area (Å²) in [6.45, 7) is 2.15. The standard InChI is InChI=1S/C15H21F3N2O/c1-19-6-5-11(8-19)9-20(2)13-4-3-12(10-21)14(7-13)15(16,17)18/h3-4,7,11,21H,5-6,8-10H2,1-2H3. The van der Waals surface area contributed by atoms with E-state index in [1.54, 1.807) is 6.07 Å². The van der Waals surface area contributed by atoms with E-state index in [4.69, 9.17) is 5.11 Å². The molecule has 21 heavy (non-hydrogen) atoms. The monoisotopic (exact) mass is 302 g/mol. The molecule has 1 unspecified atom stereocenters. The van der Waals surface area contributed by atoms with E-state index in [0.29, 0.717) is 11.6 Å². The molecule has 1 heterocycles. The van der Waals surface area contributed by atoms with Crippen LogP contribution >= 0.6 is 0 Å². The molecule has 1 aromatic rings. The van der Waals surface area contributed by atoms with Crippen LogP contribution in [-0.4, -0.2) is 43.7 Å². The highest BCUT2D eigenvalue weighted by Gasteiger charge is 2.33. The first kappa shape index (κ1) is 16.1. The normalized spacial score (nSPS) is 20.0. The Morgan fingerprint density at radius 1 is 1.38 bits per heavy atom. The average Bonchev–Trinajstić information content (AvgIpc) is 2.82. The third-order valence-corrected chi connectivity index (χ3v) is 4.03. The molecule has 0 saturated carbocycles. The zero-order chi connectivity index (χ0) is 15.6. The van der Waals surface area contributed by atoms with Gasteiger partial charge in [0.2, 0.25) is 0 Å². The fraction of sp³-hybridized carbons (Fsp3) is 0.600. The lowest BCUT2D eigenvalue weighted by molar-refractivity contribution is -0.138. The molecule has 1 atom stereocenters. The summed E-state index contributed by atoms with van der Waals surface area (Å²) in [6.07, 6.45) is -3.37. The first-order chi connectivity index (χ1) is 9.81. The zero-order valence-corrected chi connectivity index (χ0v) is 12.3. The number of hydrogen-bond acceptors (Lipinski definition) is 3. The maximum absolute atomic E-state index is 13.0. The quantitative estimate of drug-likeness (QED) is 0.926. The number of rotatable bonds is 4. The smallest absolute Gasteiger partial charge is 0.392 e. The van der Waals surface area contributed by atoms with Crippen LogP contribution < -0.4 is 4.90 Å². The van der Waals surface area contributed by atoms with Crippen molar-refractivity contribution in [2.24, 2.45) is 5.92 Å². The minimum Gasteiger partial charge on any atom is -0.392 e. The van der Waals surface area contributed by atoms with Gasteiger partial charge in [0, 0.05) is 25.8 Å². The Hall–Kier alpha value is -1.27. The summed E-state index contributed by atoms with van der Waals surface area (Å²) >= 11 is 0. The van der Waals surface area contributed by atoms with Gasteiger partial charge >= 0.3 is 6.18 Å². The van der Waals surface area contributed by atoms with Gasteiger partial charge < -0.3 is 14.9 Å². The van der Waals surface area contributed by atoms with Gasteiger partial charge in [-0.15, -0.1) is 0 Å². The first-order valence-corrected chi connectivity index (χ1v) is 7.02. The van der Waals surface area contributed by atoms with Crippen molar-refractivity contribution in [1.29, 1.82) is 0 Å². The van der Waals surface area contributed by atoms with Crippen molar-refractivity contribution in [3.8, 4) is 0 Å². The number of likely N-dealkylation sites (tertiary alicyclic amines) is 1. The molecule has 0 aliphatic carbocycles. The summed E-state index contributed by atoms with van der Waals surface area (Å²) in [6, 6.07) is 4.12. The van der Waals surface area contributed by atoms with Crippen molar-refractivity contribution in [3.05, 3.63) is 29.3 Å². The van der Waals surface area contributed by atoms with E-state index in [2.05, 4.69) is 11.9 Å². The molecule has 118 valence electrons. The molecule has 1 aliphatic heterocycles. The van der Waals surface area contributed by atoms with Gasteiger partial charge in [-0.3, -0.25) is 0 Å². The molecule has 1 aromatic carbocycles. The van der Waals surface area contributed by atoms with Crippen molar-refractivity contribution in [2.45, 2.75) is 19.2 Å². The predicted molar refractivity (Wildman–Crippen MR) is 76.2 cm³/mol. The summed E-state index contributed by atoms with van der Waals surface area (Å²) < 4.78 is 39.0. The first-order valence-electron chi connectivity index (χ1n) is 7.02. The van der Waals surface area contributed by atoms with E-state index in [0.717, 1.165) is 32.1 Å². The fourth-order valence-corrected chi connectivity index (χ4v) is 2.87. The Balaban J connectivity index is 2.16. The van der Waals surface area contributed by atoms with E-state index < -0.39 is 18.3 Å². The van der Waals surface area contributed by atoms with E-state index >= 15 is 0 Å². The summed E-state index contributed by atoms with van der Waals surface area (Å²) in [4.78, 5) is 4.09. The van der Waals surface area contributed by atoms with Gasteiger partial charge in [0.15, 0.2) is 0 Å². The molecule has 0 radical (unpaired) electrons. The summed E-state index contributed by atoms with van der Waals surface area (Å²) in [5.74, 6) is 0.479. The third-order valence-electron chi connectivity index (χ3n) is 4.03. The number of aliphatic hydroxyl groups is 1. The highest BCUT2D eigenvalue weighted by Crippen LogP contribution is 2.34. The molecule has 1 saturated heterocycles. The van der Waals surface area contributed by atoms with E-state index in [1.165, 1.54) is 6.07 Å². The molecule has 1 N–H and O–H groups in total. The SMILES string of the molecule is CN1CCC(CN(C)c2ccc(CO)c(C(F)(F)F)c2)C1. The summed E-state index contributed by atoms with van der Waals surface area (Å²) in [5.41, 5.74) is -0.299. The van der Waals surface area contributed by atoms with Crippen LogP contribution in [0.5, 0.6) is 0 Å². The van der Waals surface area contributed by atoms with Gasteiger partial charge in [-0.05, 0) is 43.6 Å². The van der Waals surface area contributed by atoms with Crippen LogP contribution in [0.15, 0.2) is 18.2 Å². The number of nitrogens with zero attached hydrogens (tertiary/aromatic N) is 2. The lowest BCUT2D eigenvalue weighted by Crippen LogP contribution is -2.27. The van der Waals surface area contributed by atoms with Gasteiger partial charge in [0.05, 0.1) is 12.2 Å². The molecule has 0 amide bonds. The molecule has 1 fully saturated rings. The van der Waals surface area contributed by atoms with Crippen LogP contribution in [0.25, 0.3) is 0 Å². The molecule has 6 heteroatoms. The Morgan fingerprint density at radius 3 is 2.62 bits per heavy atom. The molecule has 0 bridgehead atoms. The molecule has 0 aromatic heterocycles. The van der Waals surface area contributed by atoms with Crippen molar-refractivity contribution >= 4 is 5.69 Å². The predicted octanol–water partition coefficient (Wildman–Crippen LogP) is 2.59. The van der Waals surface area contributed by atoms with Crippen LogP contribution in [0, 0.1) is 5.92 Å². The van der Waals surface area contributed by atoms with Crippen LogP contribution in [-0.2, 0) is 12.8 Å². The second kappa shape index (κ2) is 6.23. The Kier molecular flexibility index (Phi) is 4.78. The molecule has 1 aliphatic rings. The van der Waals surface area contributed by atoms with Crippen LogP contribution in [0.4, 0.5) is 18.9 Å². The minimum atomic E-state index is -4.44. The Morgan fingerprint density at radius 2 is 2.10 bits per heavy atom. The average molecular weight is 302 g/mol. The van der Waals surface area contributed by atoms with Crippen molar-refractivity contribution in [3.63, 3.8) is 0 Å². The Bertz CT molecular complexity index is 490. The van der Waals surface area contributed by atoms with Crippen molar-refractivity contribution < 1.29 is 18.3 Å². The summed E-state index contributed by atoms with van der Waals surface area (Å²) in [7, 11) is 3.87. The van der Waals surface area contributed by atoms with E-state index in [1.807, 2.05) is 11.9 Å². The molecular weight excluding hydrogens is 281 g/mol. The topological polar surface area (TPSA) is 26.7 Å². The molecular formula is C15H21F3N2O. The highest BCUT2D eigenvalue weighted by atomic mass is 19.4. The van der Waals surface area contributed by atoms with Crippen LogP contribution in [0.1, 0.15) is 17.5 Å². The highest BCUT2D eigenvalue weighted by molar-refractivity contribution is 5.51.